The van der Waals surface area contributed by atoms with Crippen molar-refractivity contribution in [2.24, 2.45) is 4.99 Å². The van der Waals surface area contributed by atoms with E-state index in [1.54, 1.807) is 0 Å². The summed E-state index contributed by atoms with van der Waals surface area (Å²) < 4.78 is 0. The summed E-state index contributed by atoms with van der Waals surface area (Å²) in [7, 11) is 0. The smallest absolute Gasteiger partial charge is 0.0720 e. The van der Waals surface area contributed by atoms with E-state index in [4.69, 9.17) is 0 Å². The molecule has 0 aliphatic heterocycles. The Balaban J connectivity index is 2.45. The van der Waals surface area contributed by atoms with E-state index in [0.717, 1.165) is 6.42 Å². The predicted octanol–water partition coefficient (Wildman–Crippen LogP) is 4.17. The highest BCUT2D eigenvalue weighted by atomic mass is 14.7. The van der Waals surface area contributed by atoms with Gasteiger partial charge in [0.05, 0.1) is 6.04 Å². The van der Waals surface area contributed by atoms with E-state index < -0.39 is 0 Å². The fourth-order valence-electron chi connectivity index (χ4n) is 1.32. The summed E-state index contributed by atoms with van der Waals surface area (Å²) in [6, 6.07) is 10.6. The Bertz CT molecular complexity index is 311. The van der Waals surface area contributed by atoms with Gasteiger partial charge in [-0.1, -0.05) is 49.8 Å². The molecule has 80 valence electrons. The molecule has 0 bridgehead atoms. The SMILES string of the molecule is CCC/C=C/C=NC(C)c1ccccc1. The van der Waals surface area contributed by atoms with Gasteiger partial charge in [-0.05, 0) is 25.0 Å². The minimum absolute atomic E-state index is 0.248. The molecule has 0 radical (unpaired) electrons. The molecule has 1 unspecified atom stereocenters. The molecule has 1 aromatic rings. The first-order valence-corrected chi connectivity index (χ1v) is 5.58. The zero-order valence-electron chi connectivity index (χ0n) is 9.56. The third-order valence-electron chi connectivity index (χ3n) is 2.27. The molecule has 1 atom stereocenters. The summed E-state index contributed by atoms with van der Waals surface area (Å²) in [4.78, 5) is 4.45. The minimum Gasteiger partial charge on any atom is -0.285 e. The molecule has 0 saturated heterocycles. The standard InChI is InChI=1S/C14H19N/c1-3-4-5-9-12-15-13(2)14-10-7-6-8-11-14/h5-13H,3-4H2,1-2H3/b9-5+,15-12?. The number of benzene rings is 1. The van der Waals surface area contributed by atoms with Crippen molar-refractivity contribution in [3.8, 4) is 0 Å². The molecule has 0 N–H and O–H groups in total. The number of hydrogen-bond acceptors (Lipinski definition) is 1. The van der Waals surface area contributed by atoms with E-state index in [1.807, 2.05) is 30.5 Å². The summed E-state index contributed by atoms with van der Waals surface area (Å²) in [5.41, 5.74) is 1.26. The molecule has 0 saturated carbocycles. The van der Waals surface area contributed by atoms with Gasteiger partial charge < -0.3 is 0 Å². The maximum Gasteiger partial charge on any atom is 0.0720 e. The van der Waals surface area contributed by atoms with Crippen LogP contribution < -0.4 is 0 Å². The van der Waals surface area contributed by atoms with E-state index in [9.17, 15) is 0 Å². The first kappa shape index (κ1) is 11.7. The van der Waals surface area contributed by atoms with Crippen LogP contribution in [0, 0.1) is 0 Å². The summed E-state index contributed by atoms with van der Waals surface area (Å²) in [6.07, 6.45) is 8.40. The summed E-state index contributed by atoms with van der Waals surface area (Å²) in [5, 5.41) is 0. The van der Waals surface area contributed by atoms with Crippen molar-refractivity contribution in [2.75, 3.05) is 0 Å². The first-order chi connectivity index (χ1) is 7.34. The lowest BCUT2D eigenvalue weighted by atomic mass is 10.1. The lowest BCUT2D eigenvalue weighted by Crippen LogP contribution is -1.88. The van der Waals surface area contributed by atoms with Crippen molar-refractivity contribution in [1.82, 2.24) is 0 Å². The van der Waals surface area contributed by atoms with Crippen LogP contribution in [0.2, 0.25) is 0 Å². The van der Waals surface area contributed by atoms with Crippen LogP contribution in [0.15, 0.2) is 47.5 Å². The van der Waals surface area contributed by atoms with Crippen molar-refractivity contribution >= 4 is 6.21 Å². The maximum atomic E-state index is 4.45. The van der Waals surface area contributed by atoms with Gasteiger partial charge in [0.2, 0.25) is 0 Å². The molecular formula is C14H19N. The normalized spacial score (nSPS) is 13.7. The molecule has 0 spiro atoms. The topological polar surface area (TPSA) is 12.4 Å². The van der Waals surface area contributed by atoms with Gasteiger partial charge in [-0.25, -0.2) is 0 Å². The Kier molecular flexibility index (Phi) is 5.46. The Morgan fingerprint density at radius 2 is 2.00 bits per heavy atom. The van der Waals surface area contributed by atoms with Gasteiger partial charge >= 0.3 is 0 Å². The van der Waals surface area contributed by atoms with Crippen molar-refractivity contribution in [2.45, 2.75) is 32.7 Å². The molecule has 0 heterocycles. The summed E-state index contributed by atoms with van der Waals surface area (Å²) in [5.74, 6) is 0. The van der Waals surface area contributed by atoms with Gasteiger partial charge in [0.1, 0.15) is 0 Å². The van der Waals surface area contributed by atoms with E-state index in [-0.39, 0.29) is 6.04 Å². The number of unbranched alkanes of at least 4 members (excludes halogenated alkanes) is 1. The van der Waals surface area contributed by atoms with Crippen LogP contribution in [0.25, 0.3) is 0 Å². The largest absolute Gasteiger partial charge is 0.285 e. The zero-order chi connectivity index (χ0) is 10.9. The second-order valence-corrected chi connectivity index (χ2v) is 3.60. The van der Waals surface area contributed by atoms with Gasteiger partial charge in [-0.2, -0.15) is 0 Å². The van der Waals surface area contributed by atoms with E-state index in [1.165, 1.54) is 12.0 Å². The molecule has 1 nitrogen and oxygen atoms in total. The molecule has 0 aliphatic carbocycles. The van der Waals surface area contributed by atoms with Crippen LogP contribution >= 0.6 is 0 Å². The van der Waals surface area contributed by atoms with Crippen molar-refractivity contribution in [1.29, 1.82) is 0 Å². The monoisotopic (exact) mass is 201 g/mol. The number of nitrogens with zero attached hydrogens (tertiary/aromatic N) is 1. The number of aliphatic imine (C=N–C) groups is 1. The lowest BCUT2D eigenvalue weighted by Gasteiger charge is -2.04. The van der Waals surface area contributed by atoms with Gasteiger partial charge in [0.15, 0.2) is 0 Å². The highest BCUT2D eigenvalue weighted by molar-refractivity contribution is 5.71. The number of rotatable bonds is 5. The Hall–Kier alpha value is -1.37. The van der Waals surface area contributed by atoms with Crippen molar-refractivity contribution in [3.63, 3.8) is 0 Å². The second-order valence-electron chi connectivity index (χ2n) is 3.60. The third-order valence-corrected chi connectivity index (χ3v) is 2.27. The van der Waals surface area contributed by atoms with Crippen LogP contribution in [0.3, 0.4) is 0 Å². The van der Waals surface area contributed by atoms with Crippen molar-refractivity contribution < 1.29 is 0 Å². The van der Waals surface area contributed by atoms with Crippen LogP contribution in [0.4, 0.5) is 0 Å². The summed E-state index contributed by atoms with van der Waals surface area (Å²) in [6.45, 7) is 4.29. The Morgan fingerprint density at radius 3 is 2.67 bits per heavy atom. The van der Waals surface area contributed by atoms with Gasteiger partial charge in [0, 0.05) is 6.21 Å². The van der Waals surface area contributed by atoms with Crippen LogP contribution in [-0.4, -0.2) is 6.21 Å². The zero-order valence-corrected chi connectivity index (χ0v) is 9.56. The Labute approximate surface area is 92.6 Å². The molecule has 1 heteroatoms. The molecule has 0 amide bonds. The molecular weight excluding hydrogens is 182 g/mol. The molecule has 1 rings (SSSR count). The van der Waals surface area contributed by atoms with Gasteiger partial charge in [-0.15, -0.1) is 0 Å². The molecule has 1 aromatic carbocycles. The average Bonchev–Trinajstić information content (AvgIpc) is 2.30. The predicted molar refractivity (Wildman–Crippen MR) is 67.4 cm³/mol. The maximum absolute atomic E-state index is 4.45. The van der Waals surface area contributed by atoms with Crippen molar-refractivity contribution in [3.05, 3.63) is 48.0 Å². The number of hydrogen-bond donors (Lipinski definition) is 0. The second kappa shape index (κ2) is 6.99. The highest BCUT2D eigenvalue weighted by Gasteiger charge is 1.98. The molecule has 0 fully saturated rings. The molecule has 15 heavy (non-hydrogen) atoms. The third kappa shape index (κ3) is 4.59. The van der Waals surface area contributed by atoms with Crippen LogP contribution in [-0.2, 0) is 0 Å². The fraction of sp³-hybridized carbons (Fsp3) is 0.357. The Morgan fingerprint density at radius 1 is 1.27 bits per heavy atom. The molecule has 0 aromatic heterocycles. The average molecular weight is 201 g/mol. The number of allylic oxidation sites excluding steroid dienone is 2. The van der Waals surface area contributed by atoms with Gasteiger partial charge in [0.25, 0.3) is 0 Å². The highest BCUT2D eigenvalue weighted by Crippen LogP contribution is 2.14. The van der Waals surface area contributed by atoms with E-state index >= 15 is 0 Å². The van der Waals surface area contributed by atoms with Crippen LogP contribution in [0.5, 0.6) is 0 Å². The summed E-state index contributed by atoms with van der Waals surface area (Å²) >= 11 is 0. The van der Waals surface area contributed by atoms with Gasteiger partial charge in [-0.3, -0.25) is 4.99 Å². The first-order valence-electron chi connectivity index (χ1n) is 5.58. The fourth-order valence-corrected chi connectivity index (χ4v) is 1.32. The molecule has 0 aliphatic rings. The minimum atomic E-state index is 0.248. The van der Waals surface area contributed by atoms with E-state index in [2.05, 4.69) is 37.0 Å². The van der Waals surface area contributed by atoms with Crippen LogP contribution in [0.1, 0.15) is 38.3 Å². The quantitative estimate of drug-likeness (QED) is 0.634. The van der Waals surface area contributed by atoms with E-state index in [0.29, 0.717) is 0 Å². The lowest BCUT2D eigenvalue weighted by molar-refractivity contribution is 0.825.